The summed E-state index contributed by atoms with van der Waals surface area (Å²) in [5.41, 5.74) is 7.44. The minimum absolute atomic E-state index is 0.176. The molecule has 5 heteroatoms. The fourth-order valence-electron chi connectivity index (χ4n) is 2.12. The second-order valence-electron chi connectivity index (χ2n) is 4.49. The predicted octanol–water partition coefficient (Wildman–Crippen LogP) is 1.94. The van der Waals surface area contributed by atoms with Crippen molar-refractivity contribution in [3.8, 4) is 6.01 Å². The van der Waals surface area contributed by atoms with Gasteiger partial charge in [0.15, 0.2) is 5.82 Å². The van der Waals surface area contributed by atoms with Crippen molar-refractivity contribution in [2.75, 3.05) is 7.11 Å². The molecule has 1 heterocycles. The van der Waals surface area contributed by atoms with Gasteiger partial charge in [-0.15, -0.1) is 5.10 Å². The van der Waals surface area contributed by atoms with Gasteiger partial charge in [0.05, 0.1) is 13.2 Å². The lowest BCUT2D eigenvalue weighted by Gasteiger charge is -2.13. The summed E-state index contributed by atoms with van der Waals surface area (Å²) < 4.78 is 7.16. The van der Waals surface area contributed by atoms with Crippen molar-refractivity contribution in [3.05, 3.63) is 41.7 Å². The van der Waals surface area contributed by atoms with Crippen LogP contribution in [-0.4, -0.2) is 21.9 Å². The Balaban J connectivity index is 2.19. The van der Waals surface area contributed by atoms with E-state index in [2.05, 4.69) is 29.3 Å². The van der Waals surface area contributed by atoms with E-state index < -0.39 is 0 Å². The number of ether oxygens (including phenoxy) is 1. The second-order valence-corrected chi connectivity index (χ2v) is 4.49. The normalized spacial score (nSPS) is 12.4. The fraction of sp³-hybridized carbons (Fsp3) is 0.429. The molecule has 0 radical (unpaired) electrons. The van der Waals surface area contributed by atoms with Crippen molar-refractivity contribution in [3.63, 3.8) is 0 Å². The summed E-state index contributed by atoms with van der Waals surface area (Å²) in [4.78, 5) is 0. The first-order chi connectivity index (χ1) is 9.26. The SMILES string of the molecule is CCCn1c(OC)nnc1[C@H](N)Cc1ccccc1. The Hall–Kier alpha value is -1.88. The maximum absolute atomic E-state index is 6.25. The molecule has 0 spiro atoms. The lowest BCUT2D eigenvalue weighted by molar-refractivity contribution is 0.351. The molecular formula is C14H20N4O. The highest BCUT2D eigenvalue weighted by Gasteiger charge is 2.18. The van der Waals surface area contributed by atoms with Crippen molar-refractivity contribution in [1.29, 1.82) is 0 Å². The molecule has 0 aliphatic heterocycles. The van der Waals surface area contributed by atoms with Gasteiger partial charge in [-0.2, -0.15) is 0 Å². The van der Waals surface area contributed by atoms with Crippen LogP contribution in [-0.2, 0) is 13.0 Å². The molecule has 0 unspecified atom stereocenters. The van der Waals surface area contributed by atoms with Crippen LogP contribution in [0.25, 0.3) is 0 Å². The number of aromatic nitrogens is 3. The van der Waals surface area contributed by atoms with Gasteiger partial charge < -0.3 is 10.5 Å². The number of methoxy groups -OCH3 is 1. The molecule has 2 rings (SSSR count). The van der Waals surface area contributed by atoms with Crippen molar-refractivity contribution in [2.24, 2.45) is 5.73 Å². The van der Waals surface area contributed by atoms with Gasteiger partial charge in [-0.1, -0.05) is 42.4 Å². The molecule has 0 bridgehead atoms. The molecule has 1 aromatic carbocycles. The molecule has 0 fully saturated rings. The minimum Gasteiger partial charge on any atom is -0.467 e. The summed E-state index contributed by atoms with van der Waals surface area (Å²) in [7, 11) is 1.60. The third-order valence-corrected chi connectivity index (χ3v) is 3.01. The number of nitrogens with two attached hydrogens (primary N) is 1. The van der Waals surface area contributed by atoms with Gasteiger partial charge in [-0.3, -0.25) is 4.57 Å². The smallest absolute Gasteiger partial charge is 0.316 e. The first-order valence-electron chi connectivity index (χ1n) is 6.52. The molecule has 0 saturated carbocycles. The Labute approximate surface area is 113 Å². The van der Waals surface area contributed by atoms with Gasteiger partial charge >= 0.3 is 6.01 Å². The standard InChI is InChI=1S/C14H20N4O/c1-3-9-18-13(16-17-14(18)19-2)12(15)10-11-7-5-4-6-8-11/h4-8,12H,3,9-10,15H2,1-2H3/t12-/m1/s1. The lowest BCUT2D eigenvalue weighted by Crippen LogP contribution is -2.19. The molecule has 0 aliphatic carbocycles. The highest BCUT2D eigenvalue weighted by atomic mass is 16.5. The molecular weight excluding hydrogens is 240 g/mol. The predicted molar refractivity (Wildman–Crippen MR) is 73.9 cm³/mol. The highest BCUT2D eigenvalue weighted by Crippen LogP contribution is 2.19. The molecule has 2 N–H and O–H groups in total. The first-order valence-corrected chi connectivity index (χ1v) is 6.52. The van der Waals surface area contributed by atoms with Crippen molar-refractivity contribution < 1.29 is 4.74 Å². The van der Waals surface area contributed by atoms with Crippen LogP contribution < -0.4 is 10.5 Å². The Bertz CT molecular complexity index is 509. The summed E-state index contributed by atoms with van der Waals surface area (Å²) in [6.45, 7) is 2.92. The van der Waals surface area contributed by atoms with E-state index in [-0.39, 0.29) is 6.04 Å². The molecule has 5 nitrogen and oxygen atoms in total. The zero-order valence-corrected chi connectivity index (χ0v) is 11.4. The van der Waals surface area contributed by atoms with Crippen LogP contribution in [0.5, 0.6) is 6.01 Å². The average molecular weight is 260 g/mol. The summed E-state index contributed by atoms with van der Waals surface area (Å²) in [6.07, 6.45) is 1.73. The summed E-state index contributed by atoms with van der Waals surface area (Å²) >= 11 is 0. The van der Waals surface area contributed by atoms with E-state index in [0.29, 0.717) is 6.01 Å². The van der Waals surface area contributed by atoms with E-state index in [1.807, 2.05) is 22.8 Å². The van der Waals surface area contributed by atoms with Crippen LogP contribution in [0.4, 0.5) is 0 Å². The Morgan fingerprint density at radius 3 is 2.63 bits per heavy atom. The zero-order valence-electron chi connectivity index (χ0n) is 11.4. The quantitative estimate of drug-likeness (QED) is 0.862. The highest BCUT2D eigenvalue weighted by molar-refractivity contribution is 5.18. The third-order valence-electron chi connectivity index (χ3n) is 3.01. The molecule has 0 amide bonds. The first kappa shape index (κ1) is 13.5. The topological polar surface area (TPSA) is 66.0 Å². The maximum atomic E-state index is 6.25. The van der Waals surface area contributed by atoms with Gasteiger partial charge in [0, 0.05) is 6.54 Å². The number of benzene rings is 1. The molecule has 2 aromatic rings. The molecule has 0 aliphatic rings. The van der Waals surface area contributed by atoms with Crippen LogP contribution in [0.2, 0.25) is 0 Å². The van der Waals surface area contributed by atoms with Gasteiger partial charge in [-0.05, 0) is 18.4 Å². The van der Waals surface area contributed by atoms with Gasteiger partial charge in [0.2, 0.25) is 0 Å². The van der Waals surface area contributed by atoms with E-state index in [1.54, 1.807) is 7.11 Å². The summed E-state index contributed by atoms with van der Waals surface area (Å²) in [5, 5.41) is 8.19. The van der Waals surface area contributed by atoms with Crippen LogP contribution in [0.3, 0.4) is 0 Å². The molecule has 102 valence electrons. The average Bonchev–Trinajstić information content (AvgIpc) is 2.83. The van der Waals surface area contributed by atoms with Gasteiger partial charge in [0.1, 0.15) is 0 Å². The largest absolute Gasteiger partial charge is 0.467 e. The second kappa shape index (κ2) is 6.33. The van der Waals surface area contributed by atoms with E-state index in [0.717, 1.165) is 25.2 Å². The molecule has 1 aromatic heterocycles. The summed E-state index contributed by atoms with van der Waals surface area (Å²) in [6, 6.07) is 10.5. The van der Waals surface area contributed by atoms with E-state index in [1.165, 1.54) is 5.56 Å². The number of hydrogen-bond acceptors (Lipinski definition) is 4. The Morgan fingerprint density at radius 2 is 2.00 bits per heavy atom. The molecule has 1 atom stereocenters. The van der Waals surface area contributed by atoms with Crippen molar-refractivity contribution >= 4 is 0 Å². The monoisotopic (exact) mass is 260 g/mol. The van der Waals surface area contributed by atoms with Crippen molar-refractivity contribution in [2.45, 2.75) is 32.4 Å². The minimum atomic E-state index is -0.176. The van der Waals surface area contributed by atoms with Crippen LogP contribution >= 0.6 is 0 Å². The fourth-order valence-corrected chi connectivity index (χ4v) is 2.12. The van der Waals surface area contributed by atoms with Crippen LogP contribution in [0.1, 0.15) is 30.8 Å². The number of hydrogen-bond donors (Lipinski definition) is 1. The van der Waals surface area contributed by atoms with E-state index >= 15 is 0 Å². The van der Waals surface area contributed by atoms with E-state index in [9.17, 15) is 0 Å². The Kier molecular flexibility index (Phi) is 4.52. The zero-order chi connectivity index (χ0) is 13.7. The van der Waals surface area contributed by atoms with Gasteiger partial charge in [-0.25, -0.2) is 0 Å². The number of rotatable bonds is 6. The lowest BCUT2D eigenvalue weighted by atomic mass is 10.1. The summed E-state index contributed by atoms with van der Waals surface area (Å²) in [5.74, 6) is 0.780. The van der Waals surface area contributed by atoms with Crippen LogP contribution in [0.15, 0.2) is 30.3 Å². The van der Waals surface area contributed by atoms with E-state index in [4.69, 9.17) is 10.5 Å². The molecule has 19 heavy (non-hydrogen) atoms. The molecule has 0 saturated heterocycles. The maximum Gasteiger partial charge on any atom is 0.316 e. The Morgan fingerprint density at radius 1 is 1.26 bits per heavy atom. The number of nitrogens with zero attached hydrogens (tertiary/aromatic N) is 3. The van der Waals surface area contributed by atoms with Gasteiger partial charge in [0.25, 0.3) is 0 Å². The van der Waals surface area contributed by atoms with Crippen molar-refractivity contribution in [1.82, 2.24) is 14.8 Å². The third kappa shape index (κ3) is 3.12. The van der Waals surface area contributed by atoms with Crippen LogP contribution in [0, 0.1) is 0 Å².